The van der Waals surface area contributed by atoms with E-state index in [2.05, 4.69) is 39.6 Å². The Balaban J connectivity index is 1.13. The number of nitrogens with zero attached hydrogens (tertiary/aromatic N) is 3. The zero-order valence-electron chi connectivity index (χ0n) is 18.6. The van der Waals surface area contributed by atoms with Crippen LogP contribution in [0.3, 0.4) is 0 Å². The molecule has 7 heteroatoms. The lowest BCUT2D eigenvalue weighted by Gasteiger charge is -2.33. The second-order valence-electron chi connectivity index (χ2n) is 8.79. The quantitative estimate of drug-likeness (QED) is 0.457. The lowest BCUT2D eigenvalue weighted by atomic mass is 9.87. The number of nitrogens with one attached hydrogen (secondary N) is 1. The van der Waals surface area contributed by atoms with E-state index >= 15 is 0 Å². The summed E-state index contributed by atoms with van der Waals surface area (Å²) in [5.41, 5.74) is 3.50. The molecule has 1 aliphatic heterocycles. The number of hydrogen-bond acceptors (Lipinski definition) is 5. The number of aromatic nitrogens is 2. The molecule has 33 heavy (non-hydrogen) atoms. The molecule has 0 radical (unpaired) electrons. The minimum atomic E-state index is -0.0263. The van der Waals surface area contributed by atoms with E-state index in [9.17, 15) is 9.59 Å². The van der Waals surface area contributed by atoms with Crippen LogP contribution >= 0.6 is 11.8 Å². The van der Waals surface area contributed by atoms with Crippen LogP contribution in [0, 0.1) is 5.92 Å². The molecule has 2 aromatic carbocycles. The van der Waals surface area contributed by atoms with Gasteiger partial charge >= 0.3 is 0 Å². The van der Waals surface area contributed by atoms with Gasteiger partial charge < -0.3 is 10.2 Å². The van der Waals surface area contributed by atoms with E-state index in [0.717, 1.165) is 35.2 Å². The van der Waals surface area contributed by atoms with Crippen molar-refractivity contribution < 1.29 is 9.59 Å². The summed E-state index contributed by atoms with van der Waals surface area (Å²) in [4.78, 5) is 36.3. The van der Waals surface area contributed by atoms with Crippen LogP contribution in [0.25, 0.3) is 10.9 Å². The third-order valence-corrected chi connectivity index (χ3v) is 7.73. The van der Waals surface area contributed by atoms with Gasteiger partial charge in [0.05, 0.1) is 17.3 Å². The summed E-state index contributed by atoms with van der Waals surface area (Å²) in [6.07, 6.45) is 6.17. The van der Waals surface area contributed by atoms with Crippen molar-refractivity contribution in [2.45, 2.75) is 43.2 Å². The number of amides is 2. The highest BCUT2D eigenvalue weighted by Crippen LogP contribution is 2.30. The predicted octanol–water partition coefficient (Wildman–Crippen LogP) is 4.15. The van der Waals surface area contributed by atoms with Crippen molar-refractivity contribution in [2.24, 2.45) is 5.92 Å². The first kappa shape index (κ1) is 21.9. The molecule has 3 aromatic rings. The fourth-order valence-corrected chi connectivity index (χ4v) is 5.79. The number of fused-ring (bicyclic) bond motifs is 2. The maximum absolute atomic E-state index is 13.0. The SMILES string of the molecule is O=C(N[C@@H]1CCCc2ccccc21)C1CCN(C(=O)CSc2ncnc3ccccc23)CC1. The molecule has 0 spiro atoms. The number of thioether (sulfide) groups is 1. The summed E-state index contributed by atoms with van der Waals surface area (Å²) in [7, 11) is 0. The number of benzene rings is 2. The Morgan fingerprint density at radius 2 is 1.79 bits per heavy atom. The van der Waals surface area contributed by atoms with Crippen molar-refractivity contribution in [3.63, 3.8) is 0 Å². The van der Waals surface area contributed by atoms with Gasteiger partial charge in [0.15, 0.2) is 0 Å². The summed E-state index contributed by atoms with van der Waals surface area (Å²) in [5.74, 6) is 0.548. The summed E-state index contributed by atoms with van der Waals surface area (Å²) < 4.78 is 0. The van der Waals surface area contributed by atoms with Crippen LogP contribution in [0.1, 0.15) is 42.9 Å². The first-order valence-electron chi connectivity index (χ1n) is 11.7. The molecule has 1 aliphatic carbocycles. The number of rotatable bonds is 5. The highest BCUT2D eigenvalue weighted by Gasteiger charge is 2.30. The molecule has 1 aromatic heterocycles. The molecule has 6 nitrogen and oxygen atoms in total. The maximum Gasteiger partial charge on any atom is 0.232 e. The summed E-state index contributed by atoms with van der Waals surface area (Å²) in [6, 6.07) is 16.4. The maximum atomic E-state index is 13.0. The Bertz CT molecular complexity index is 1150. The topological polar surface area (TPSA) is 75.2 Å². The van der Waals surface area contributed by atoms with Crippen LogP contribution in [0.2, 0.25) is 0 Å². The van der Waals surface area contributed by atoms with E-state index in [4.69, 9.17) is 0 Å². The standard InChI is InChI=1S/C26H28N4O2S/c31-24(16-33-26-21-9-3-4-10-22(21)27-17-28-26)30-14-12-19(13-15-30)25(32)29-23-11-5-7-18-6-1-2-8-20(18)23/h1-4,6,8-10,17,19,23H,5,7,11-16H2,(H,29,32)/t23-/m1/s1. The number of aryl methyl sites for hydroxylation is 1. The van der Waals surface area contributed by atoms with Gasteiger partial charge in [0.2, 0.25) is 11.8 Å². The van der Waals surface area contributed by atoms with Gasteiger partial charge in [-0.1, -0.05) is 54.2 Å². The fourth-order valence-electron chi connectivity index (χ4n) is 4.90. The van der Waals surface area contributed by atoms with Crippen molar-refractivity contribution in [2.75, 3.05) is 18.8 Å². The lowest BCUT2D eigenvalue weighted by Crippen LogP contribution is -2.44. The third-order valence-electron chi connectivity index (χ3n) is 6.74. The Morgan fingerprint density at radius 3 is 2.67 bits per heavy atom. The first-order valence-corrected chi connectivity index (χ1v) is 12.7. The molecule has 1 N–H and O–H groups in total. The predicted molar refractivity (Wildman–Crippen MR) is 130 cm³/mol. The van der Waals surface area contributed by atoms with Crippen LogP contribution in [0.15, 0.2) is 59.9 Å². The van der Waals surface area contributed by atoms with Gasteiger partial charge in [-0.15, -0.1) is 0 Å². The smallest absolute Gasteiger partial charge is 0.232 e. The highest BCUT2D eigenvalue weighted by atomic mass is 32.2. The van der Waals surface area contributed by atoms with Gasteiger partial charge in [-0.2, -0.15) is 0 Å². The molecule has 0 bridgehead atoms. The van der Waals surface area contributed by atoms with E-state index < -0.39 is 0 Å². The molecular formula is C26H28N4O2S. The van der Waals surface area contributed by atoms with Crippen LogP contribution in [-0.2, 0) is 16.0 Å². The second kappa shape index (κ2) is 9.91. The van der Waals surface area contributed by atoms with E-state index in [1.165, 1.54) is 22.9 Å². The van der Waals surface area contributed by atoms with Crippen LogP contribution in [0.4, 0.5) is 0 Å². The van der Waals surface area contributed by atoms with Gasteiger partial charge in [0.25, 0.3) is 0 Å². The molecular weight excluding hydrogens is 432 g/mol. The van der Waals surface area contributed by atoms with Crippen molar-refractivity contribution in [3.8, 4) is 0 Å². The molecule has 2 aliphatic rings. The van der Waals surface area contributed by atoms with E-state index in [-0.39, 0.29) is 23.8 Å². The van der Waals surface area contributed by atoms with Gasteiger partial charge in [0, 0.05) is 24.4 Å². The summed E-state index contributed by atoms with van der Waals surface area (Å²) in [5, 5.41) is 5.09. The van der Waals surface area contributed by atoms with Crippen LogP contribution in [-0.4, -0.2) is 45.5 Å². The minimum Gasteiger partial charge on any atom is -0.349 e. The first-order chi connectivity index (χ1) is 16.2. The van der Waals surface area contributed by atoms with Gasteiger partial charge in [-0.05, 0) is 49.3 Å². The minimum absolute atomic E-state index is 0.0263. The Hall–Kier alpha value is -2.93. The van der Waals surface area contributed by atoms with Crippen molar-refractivity contribution in [1.82, 2.24) is 20.2 Å². The van der Waals surface area contributed by atoms with Gasteiger partial charge in [-0.3, -0.25) is 9.59 Å². The van der Waals surface area contributed by atoms with Gasteiger partial charge in [0.1, 0.15) is 11.4 Å². The molecule has 170 valence electrons. The normalized spacial score (nSPS) is 18.7. The van der Waals surface area contributed by atoms with E-state index in [1.807, 2.05) is 29.2 Å². The number of carbonyl (C=O) groups is 2. The molecule has 1 atom stereocenters. The number of piperidine rings is 1. The summed E-state index contributed by atoms with van der Waals surface area (Å²) in [6.45, 7) is 1.26. The molecule has 1 fully saturated rings. The number of carbonyl (C=O) groups excluding carboxylic acids is 2. The van der Waals surface area contributed by atoms with Crippen molar-refractivity contribution in [1.29, 1.82) is 0 Å². The second-order valence-corrected chi connectivity index (χ2v) is 9.76. The summed E-state index contributed by atoms with van der Waals surface area (Å²) >= 11 is 1.45. The largest absolute Gasteiger partial charge is 0.349 e. The Labute approximate surface area is 198 Å². The monoisotopic (exact) mass is 460 g/mol. The van der Waals surface area contributed by atoms with Gasteiger partial charge in [-0.25, -0.2) is 9.97 Å². The van der Waals surface area contributed by atoms with Crippen molar-refractivity contribution >= 4 is 34.5 Å². The molecule has 0 unspecified atom stereocenters. The van der Waals surface area contributed by atoms with Crippen LogP contribution in [0.5, 0.6) is 0 Å². The Kier molecular flexibility index (Phi) is 6.58. The van der Waals surface area contributed by atoms with E-state index in [0.29, 0.717) is 31.7 Å². The third kappa shape index (κ3) is 4.88. The zero-order valence-corrected chi connectivity index (χ0v) is 19.4. The zero-order chi connectivity index (χ0) is 22.6. The number of para-hydroxylation sites is 1. The fraction of sp³-hybridized carbons (Fsp3) is 0.385. The van der Waals surface area contributed by atoms with Crippen LogP contribution < -0.4 is 5.32 Å². The average Bonchev–Trinajstić information content (AvgIpc) is 2.87. The molecule has 2 amide bonds. The molecule has 5 rings (SSSR count). The molecule has 0 saturated carbocycles. The number of hydrogen-bond donors (Lipinski definition) is 1. The number of likely N-dealkylation sites (tertiary alicyclic amines) is 1. The Morgan fingerprint density at radius 1 is 1.00 bits per heavy atom. The average molecular weight is 461 g/mol. The van der Waals surface area contributed by atoms with Crippen molar-refractivity contribution in [3.05, 3.63) is 66.0 Å². The molecule has 2 heterocycles. The van der Waals surface area contributed by atoms with E-state index in [1.54, 1.807) is 6.33 Å². The highest BCUT2D eigenvalue weighted by molar-refractivity contribution is 8.00. The lowest BCUT2D eigenvalue weighted by molar-refractivity contribution is -0.134. The molecule has 1 saturated heterocycles.